The molecule has 9 heteroatoms. The Bertz CT molecular complexity index is 1480. The minimum atomic E-state index is -2.71. The van der Waals surface area contributed by atoms with E-state index in [1.165, 1.54) is 5.57 Å². The Balaban J connectivity index is 1.25. The monoisotopic (exact) mass is 683 g/mol. The molecule has 0 fully saturated rings. The van der Waals surface area contributed by atoms with Crippen LogP contribution in [0.1, 0.15) is 49.4 Å². The van der Waals surface area contributed by atoms with Crippen LogP contribution in [0.2, 0.25) is 6.04 Å². The van der Waals surface area contributed by atoms with Crippen molar-refractivity contribution in [3.8, 4) is 5.75 Å². The number of carbonyl (C=O) groups excluding carboxylic acids is 1. The van der Waals surface area contributed by atoms with Crippen molar-refractivity contribution < 1.29 is 32.3 Å². The van der Waals surface area contributed by atoms with Crippen molar-refractivity contribution in [1.29, 1.82) is 0 Å². The maximum Gasteiger partial charge on any atom is 0.500 e. The first-order valence-corrected chi connectivity index (χ1v) is 19.1. The number of alkyl carbamates (subject to hydrolysis) is 1. The summed E-state index contributed by atoms with van der Waals surface area (Å²) in [7, 11) is -2.71. The van der Waals surface area contributed by atoms with Gasteiger partial charge in [-0.25, -0.2) is 4.79 Å². The second-order valence-corrected chi connectivity index (χ2v) is 13.7. The minimum Gasteiger partial charge on any atom is -0.491 e. The number of hydrogen-bond acceptors (Lipinski definition) is 7. The number of hydrogen-bond donors (Lipinski definition) is 1. The zero-order valence-corrected chi connectivity index (χ0v) is 29.9. The van der Waals surface area contributed by atoms with Crippen molar-refractivity contribution in [2.75, 3.05) is 52.8 Å². The van der Waals surface area contributed by atoms with Crippen molar-refractivity contribution in [2.45, 2.75) is 33.2 Å². The highest BCUT2D eigenvalue weighted by molar-refractivity contribution is 6.60. The number of benzene rings is 4. The van der Waals surface area contributed by atoms with Crippen LogP contribution >= 0.6 is 0 Å². The SMILES string of the molecule is CCO[Si](CCCNC(=O)OCCOCCOc1ccc(C(=C(c2ccccc2)c2ccccc2)c2ccccc2)cc1)(OCC)OCC. The van der Waals surface area contributed by atoms with E-state index in [1.807, 2.05) is 51.1 Å². The normalized spacial score (nSPS) is 11.2. The summed E-state index contributed by atoms with van der Waals surface area (Å²) in [6, 6.07) is 40.3. The summed E-state index contributed by atoms with van der Waals surface area (Å²) in [5, 5.41) is 2.76. The third-order valence-electron chi connectivity index (χ3n) is 7.56. The lowest BCUT2D eigenvalue weighted by atomic mass is 9.86. The Morgan fingerprint density at radius 2 is 1.02 bits per heavy atom. The first kappa shape index (κ1) is 37.6. The predicted octanol–water partition coefficient (Wildman–Crippen LogP) is 8.25. The summed E-state index contributed by atoms with van der Waals surface area (Å²) in [6.45, 7) is 8.96. The molecule has 0 radical (unpaired) electrons. The summed E-state index contributed by atoms with van der Waals surface area (Å²) < 4.78 is 34.4. The van der Waals surface area contributed by atoms with Gasteiger partial charge in [-0.1, -0.05) is 103 Å². The summed E-state index contributed by atoms with van der Waals surface area (Å²) in [4.78, 5) is 12.1. The van der Waals surface area contributed by atoms with E-state index >= 15 is 0 Å². The summed E-state index contributed by atoms with van der Waals surface area (Å²) in [5.41, 5.74) is 6.84. The average molecular weight is 684 g/mol. The third-order valence-corrected chi connectivity index (χ3v) is 10.7. The van der Waals surface area contributed by atoms with Crippen LogP contribution in [0.3, 0.4) is 0 Å². The van der Waals surface area contributed by atoms with Gasteiger partial charge in [0, 0.05) is 32.4 Å². The molecule has 260 valence electrons. The standard InChI is InChI=1S/C40H49NO7Si/c1-4-46-49(47-5-2,48-6-3)32-16-27-41-40(42)45-31-29-43-28-30-44-37-25-23-36(24-26-37)39(35-21-14-9-15-22-35)38(33-17-10-7-11-18-33)34-19-12-8-13-20-34/h7-15,17-26H,4-6,16,27-32H2,1-3H3,(H,41,42). The summed E-state index contributed by atoms with van der Waals surface area (Å²) >= 11 is 0. The maximum absolute atomic E-state index is 12.1. The molecule has 4 aromatic carbocycles. The Morgan fingerprint density at radius 3 is 1.49 bits per heavy atom. The van der Waals surface area contributed by atoms with Crippen molar-refractivity contribution in [2.24, 2.45) is 0 Å². The van der Waals surface area contributed by atoms with Gasteiger partial charge in [0.1, 0.15) is 19.0 Å². The first-order chi connectivity index (χ1) is 24.1. The Morgan fingerprint density at radius 1 is 0.571 bits per heavy atom. The molecular weight excluding hydrogens is 635 g/mol. The fraction of sp³-hybridized carbons (Fsp3) is 0.325. The largest absolute Gasteiger partial charge is 0.500 e. The smallest absolute Gasteiger partial charge is 0.491 e. The van der Waals surface area contributed by atoms with Crippen molar-refractivity contribution >= 4 is 26.0 Å². The zero-order valence-electron chi connectivity index (χ0n) is 28.9. The Labute approximate surface area is 292 Å². The lowest BCUT2D eigenvalue weighted by Gasteiger charge is -2.28. The van der Waals surface area contributed by atoms with Gasteiger partial charge in [-0.3, -0.25) is 0 Å². The number of amides is 1. The van der Waals surface area contributed by atoms with Gasteiger partial charge >= 0.3 is 14.9 Å². The first-order valence-electron chi connectivity index (χ1n) is 17.1. The van der Waals surface area contributed by atoms with Crippen molar-refractivity contribution in [3.63, 3.8) is 0 Å². The number of carbonyl (C=O) groups is 1. The van der Waals surface area contributed by atoms with E-state index in [4.69, 9.17) is 27.5 Å². The van der Waals surface area contributed by atoms with Gasteiger partial charge in [0.05, 0.1) is 13.2 Å². The van der Waals surface area contributed by atoms with Gasteiger partial charge in [-0.15, -0.1) is 0 Å². The molecule has 0 bridgehead atoms. The van der Waals surface area contributed by atoms with Gasteiger partial charge in [-0.2, -0.15) is 0 Å². The highest BCUT2D eigenvalue weighted by Gasteiger charge is 2.39. The van der Waals surface area contributed by atoms with Gasteiger partial charge in [0.15, 0.2) is 0 Å². The molecule has 1 amide bonds. The molecule has 0 heterocycles. The average Bonchev–Trinajstić information content (AvgIpc) is 3.14. The molecule has 0 saturated heterocycles. The number of ether oxygens (including phenoxy) is 3. The van der Waals surface area contributed by atoms with Crippen LogP contribution in [-0.2, 0) is 22.8 Å². The molecule has 0 aliphatic rings. The lowest BCUT2D eigenvalue weighted by Crippen LogP contribution is -2.46. The maximum atomic E-state index is 12.1. The van der Waals surface area contributed by atoms with Crippen LogP contribution in [0.5, 0.6) is 5.75 Å². The van der Waals surface area contributed by atoms with Crippen molar-refractivity contribution in [1.82, 2.24) is 5.32 Å². The van der Waals surface area contributed by atoms with Gasteiger partial charge in [0.25, 0.3) is 0 Å². The molecular formula is C40H49NO7Si. The van der Waals surface area contributed by atoms with Crippen LogP contribution in [0.15, 0.2) is 115 Å². The van der Waals surface area contributed by atoms with Crippen LogP contribution in [0.4, 0.5) is 4.79 Å². The molecule has 0 aromatic heterocycles. The second kappa shape index (κ2) is 21.0. The van der Waals surface area contributed by atoms with Crippen LogP contribution < -0.4 is 10.1 Å². The van der Waals surface area contributed by atoms with E-state index < -0.39 is 14.9 Å². The molecule has 0 saturated carbocycles. The molecule has 0 spiro atoms. The summed E-state index contributed by atoms with van der Waals surface area (Å²) in [6.07, 6.45) is 0.185. The molecule has 4 aromatic rings. The zero-order chi connectivity index (χ0) is 34.6. The molecule has 0 atom stereocenters. The van der Waals surface area contributed by atoms with E-state index in [1.54, 1.807) is 0 Å². The fourth-order valence-electron chi connectivity index (χ4n) is 5.50. The van der Waals surface area contributed by atoms with Crippen LogP contribution in [-0.4, -0.2) is 67.7 Å². The third kappa shape index (κ3) is 12.0. The Kier molecular flexibility index (Phi) is 16.1. The molecule has 8 nitrogen and oxygen atoms in total. The molecule has 49 heavy (non-hydrogen) atoms. The number of rotatable bonds is 21. The highest BCUT2D eigenvalue weighted by Crippen LogP contribution is 2.37. The molecule has 0 aliphatic heterocycles. The minimum absolute atomic E-state index is 0.149. The topological polar surface area (TPSA) is 84.5 Å². The molecule has 0 unspecified atom stereocenters. The number of nitrogens with one attached hydrogen (secondary N) is 1. The summed E-state index contributed by atoms with van der Waals surface area (Å²) in [5.74, 6) is 0.751. The van der Waals surface area contributed by atoms with Gasteiger partial charge in [0.2, 0.25) is 0 Å². The molecule has 4 rings (SSSR count). The van der Waals surface area contributed by atoms with Crippen molar-refractivity contribution in [3.05, 3.63) is 138 Å². The van der Waals surface area contributed by atoms with Gasteiger partial charge in [-0.05, 0) is 72.7 Å². The van der Waals surface area contributed by atoms with E-state index in [0.717, 1.165) is 33.6 Å². The van der Waals surface area contributed by atoms with E-state index in [0.29, 0.717) is 52.0 Å². The van der Waals surface area contributed by atoms with E-state index in [2.05, 4.69) is 90.2 Å². The Hall–Kier alpha value is -4.25. The molecule has 1 N–H and O–H groups in total. The van der Waals surface area contributed by atoms with Crippen LogP contribution in [0, 0.1) is 0 Å². The van der Waals surface area contributed by atoms with Crippen LogP contribution in [0.25, 0.3) is 11.1 Å². The fourth-order valence-corrected chi connectivity index (χ4v) is 8.12. The predicted molar refractivity (Wildman–Crippen MR) is 197 cm³/mol. The molecule has 0 aliphatic carbocycles. The highest BCUT2D eigenvalue weighted by atomic mass is 28.4. The van der Waals surface area contributed by atoms with E-state index in [-0.39, 0.29) is 13.2 Å². The lowest BCUT2D eigenvalue weighted by molar-refractivity contribution is 0.0575. The quantitative estimate of drug-likeness (QED) is 0.0538. The van der Waals surface area contributed by atoms with E-state index in [9.17, 15) is 4.79 Å². The van der Waals surface area contributed by atoms with Gasteiger partial charge < -0.3 is 32.8 Å². The second-order valence-electron chi connectivity index (χ2n) is 11.0.